The summed E-state index contributed by atoms with van der Waals surface area (Å²) in [5.74, 6) is 0.699. The quantitative estimate of drug-likeness (QED) is 0.508. The zero-order valence-corrected chi connectivity index (χ0v) is 17.2. The van der Waals surface area contributed by atoms with Crippen LogP contribution in [0.1, 0.15) is 11.3 Å². The maximum Gasteiger partial charge on any atom is 0.234 e. The molecule has 0 aliphatic rings. The van der Waals surface area contributed by atoms with E-state index in [2.05, 4.69) is 26.2 Å². The maximum absolute atomic E-state index is 13.0. The lowest BCUT2D eigenvalue weighted by Gasteiger charge is -2.07. The molecule has 2 aromatic carbocycles. The van der Waals surface area contributed by atoms with E-state index in [-0.39, 0.29) is 11.7 Å². The van der Waals surface area contributed by atoms with Crippen molar-refractivity contribution in [1.29, 1.82) is 0 Å². The summed E-state index contributed by atoms with van der Waals surface area (Å²) in [5.41, 5.74) is 3.72. The normalized spacial score (nSPS) is 10.7. The second-order valence-corrected chi connectivity index (χ2v) is 8.37. The number of aryl methyl sites for hydroxylation is 1. The number of nitrogens with zero attached hydrogens (tertiary/aromatic N) is 1. The Kier molecular flexibility index (Phi) is 6.45. The highest BCUT2D eigenvalue weighted by molar-refractivity contribution is 9.10. The molecule has 0 spiro atoms. The van der Waals surface area contributed by atoms with Crippen molar-refractivity contribution in [2.24, 2.45) is 0 Å². The van der Waals surface area contributed by atoms with Gasteiger partial charge in [0.2, 0.25) is 5.91 Å². The van der Waals surface area contributed by atoms with Crippen LogP contribution in [-0.4, -0.2) is 16.6 Å². The van der Waals surface area contributed by atoms with Gasteiger partial charge < -0.3 is 5.32 Å². The van der Waals surface area contributed by atoms with Crippen LogP contribution in [0.5, 0.6) is 0 Å². The molecular formula is C19H16BrFN2OS2. The number of carbonyl (C=O) groups excluding carboxylic acids is 1. The second-order valence-electron chi connectivity index (χ2n) is 5.68. The van der Waals surface area contributed by atoms with Crippen LogP contribution in [0.2, 0.25) is 0 Å². The first-order chi connectivity index (χ1) is 12.5. The van der Waals surface area contributed by atoms with Gasteiger partial charge in [0.15, 0.2) is 0 Å². The summed E-state index contributed by atoms with van der Waals surface area (Å²) in [5, 5.41) is 5.73. The molecule has 0 fully saturated rings. The van der Waals surface area contributed by atoms with Crippen LogP contribution in [0.15, 0.2) is 52.3 Å². The Morgan fingerprint density at radius 3 is 2.77 bits per heavy atom. The number of nitrogens with one attached hydrogen (secondary N) is 1. The predicted octanol–water partition coefficient (Wildman–Crippen LogP) is 5.89. The van der Waals surface area contributed by atoms with E-state index in [4.69, 9.17) is 0 Å². The number of benzene rings is 2. The van der Waals surface area contributed by atoms with Gasteiger partial charge in [0.25, 0.3) is 0 Å². The fourth-order valence-corrected chi connectivity index (χ4v) is 4.49. The van der Waals surface area contributed by atoms with E-state index in [1.807, 2.05) is 30.5 Å². The molecule has 0 saturated heterocycles. The number of thioether (sulfide) groups is 1. The van der Waals surface area contributed by atoms with Crippen LogP contribution in [0, 0.1) is 12.7 Å². The molecule has 1 amide bonds. The minimum absolute atomic E-state index is 0.0476. The van der Waals surface area contributed by atoms with Crippen LogP contribution in [-0.2, 0) is 10.5 Å². The van der Waals surface area contributed by atoms with Crippen molar-refractivity contribution in [1.82, 2.24) is 4.98 Å². The van der Waals surface area contributed by atoms with Crippen molar-refractivity contribution < 1.29 is 9.18 Å². The third kappa shape index (κ3) is 5.16. The topological polar surface area (TPSA) is 42.0 Å². The van der Waals surface area contributed by atoms with Crippen molar-refractivity contribution in [3.63, 3.8) is 0 Å². The molecule has 0 bridgehead atoms. The van der Waals surface area contributed by atoms with E-state index in [1.54, 1.807) is 12.1 Å². The average Bonchev–Trinajstić information content (AvgIpc) is 3.07. The van der Waals surface area contributed by atoms with E-state index in [0.717, 1.165) is 32.0 Å². The summed E-state index contributed by atoms with van der Waals surface area (Å²) in [6.07, 6.45) is 0. The Balaban J connectivity index is 1.50. The number of amides is 1. The molecule has 3 nitrogen and oxygen atoms in total. The van der Waals surface area contributed by atoms with E-state index in [1.165, 1.54) is 35.2 Å². The van der Waals surface area contributed by atoms with Crippen LogP contribution in [0.25, 0.3) is 10.6 Å². The molecule has 1 aromatic heterocycles. The third-order valence-corrected chi connectivity index (χ3v) is 6.09. The molecule has 0 atom stereocenters. The van der Waals surface area contributed by atoms with E-state index in [0.29, 0.717) is 11.5 Å². The fourth-order valence-electron chi connectivity index (χ4n) is 2.25. The van der Waals surface area contributed by atoms with Gasteiger partial charge in [-0.2, -0.15) is 0 Å². The molecule has 0 saturated carbocycles. The van der Waals surface area contributed by atoms with Gasteiger partial charge in [-0.25, -0.2) is 9.37 Å². The molecule has 0 radical (unpaired) electrons. The monoisotopic (exact) mass is 450 g/mol. The van der Waals surface area contributed by atoms with Crippen LogP contribution in [0.3, 0.4) is 0 Å². The maximum atomic E-state index is 13.0. The minimum Gasteiger partial charge on any atom is -0.324 e. The molecule has 7 heteroatoms. The number of thiazole rings is 1. The number of aromatic nitrogens is 1. The van der Waals surface area contributed by atoms with Crippen molar-refractivity contribution in [3.8, 4) is 10.6 Å². The molecule has 0 aliphatic carbocycles. The number of anilines is 1. The number of hydrogen-bond acceptors (Lipinski definition) is 4. The summed E-state index contributed by atoms with van der Waals surface area (Å²) in [7, 11) is 0. The van der Waals surface area contributed by atoms with Crippen LogP contribution >= 0.6 is 39.0 Å². The van der Waals surface area contributed by atoms with Crippen LogP contribution in [0.4, 0.5) is 10.1 Å². The van der Waals surface area contributed by atoms with Gasteiger partial charge in [0, 0.05) is 21.2 Å². The Morgan fingerprint density at radius 2 is 2.04 bits per heavy atom. The largest absolute Gasteiger partial charge is 0.324 e. The smallest absolute Gasteiger partial charge is 0.234 e. The van der Waals surface area contributed by atoms with E-state index in [9.17, 15) is 9.18 Å². The average molecular weight is 451 g/mol. The summed E-state index contributed by atoms with van der Waals surface area (Å²) in [6, 6.07) is 12.1. The number of hydrogen-bond donors (Lipinski definition) is 1. The first kappa shape index (κ1) is 19.1. The van der Waals surface area contributed by atoms with Crippen molar-refractivity contribution in [2.45, 2.75) is 12.7 Å². The first-order valence-electron chi connectivity index (χ1n) is 7.85. The number of halogens is 2. The number of carbonyl (C=O) groups is 1. The lowest BCUT2D eigenvalue weighted by molar-refractivity contribution is -0.113. The molecule has 134 valence electrons. The Labute approximate surface area is 168 Å². The van der Waals surface area contributed by atoms with Gasteiger partial charge in [-0.05, 0) is 64.8 Å². The molecule has 0 unspecified atom stereocenters. The second kappa shape index (κ2) is 8.79. The lowest BCUT2D eigenvalue weighted by atomic mass is 10.2. The molecule has 1 N–H and O–H groups in total. The molecule has 26 heavy (non-hydrogen) atoms. The molecule has 3 aromatic rings. The first-order valence-corrected chi connectivity index (χ1v) is 10.7. The Morgan fingerprint density at radius 1 is 1.27 bits per heavy atom. The summed E-state index contributed by atoms with van der Waals surface area (Å²) < 4.78 is 13.9. The van der Waals surface area contributed by atoms with E-state index >= 15 is 0 Å². The zero-order valence-electron chi connectivity index (χ0n) is 14.0. The highest BCUT2D eigenvalue weighted by Gasteiger charge is 2.08. The molecule has 0 aliphatic heterocycles. The minimum atomic E-state index is -0.257. The highest BCUT2D eigenvalue weighted by atomic mass is 79.9. The van der Waals surface area contributed by atoms with Gasteiger partial charge >= 0.3 is 0 Å². The lowest BCUT2D eigenvalue weighted by Crippen LogP contribution is -2.14. The highest BCUT2D eigenvalue weighted by Crippen LogP contribution is 2.26. The van der Waals surface area contributed by atoms with Crippen LogP contribution < -0.4 is 5.32 Å². The van der Waals surface area contributed by atoms with Gasteiger partial charge in [0.05, 0.1) is 17.1 Å². The summed E-state index contributed by atoms with van der Waals surface area (Å²) in [4.78, 5) is 16.6. The zero-order chi connectivity index (χ0) is 18.5. The van der Waals surface area contributed by atoms with Crippen molar-refractivity contribution >= 4 is 50.6 Å². The SMILES string of the molecule is Cc1ccc(NC(=O)CSCc2csc(-c3ccc(F)cc3)n2)c(Br)c1. The van der Waals surface area contributed by atoms with Gasteiger partial charge in [-0.15, -0.1) is 23.1 Å². The third-order valence-electron chi connectivity index (χ3n) is 3.52. The fraction of sp³-hybridized carbons (Fsp3) is 0.158. The van der Waals surface area contributed by atoms with Crippen molar-refractivity contribution in [2.75, 3.05) is 11.1 Å². The molecule has 3 rings (SSSR count). The van der Waals surface area contributed by atoms with Gasteiger partial charge in [-0.1, -0.05) is 6.07 Å². The number of rotatable bonds is 6. The van der Waals surface area contributed by atoms with Gasteiger partial charge in [-0.3, -0.25) is 4.79 Å². The summed E-state index contributed by atoms with van der Waals surface area (Å²) >= 11 is 6.49. The predicted molar refractivity (Wildman–Crippen MR) is 111 cm³/mol. The standard InChI is InChI=1S/C19H16BrFN2OS2/c1-12-2-7-17(16(20)8-12)23-18(24)11-25-9-15-10-26-19(22-15)13-3-5-14(21)6-4-13/h2-8,10H,9,11H2,1H3,(H,23,24). The summed E-state index contributed by atoms with van der Waals surface area (Å²) in [6.45, 7) is 2.00. The van der Waals surface area contributed by atoms with E-state index < -0.39 is 0 Å². The molecular weight excluding hydrogens is 435 g/mol. The Bertz CT molecular complexity index is 912. The van der Waals surface area contributed by atoms with Gasteiger partial charge in [0.1, 0.15) is 10.8 Å². The van der Waals surface area contributed by atoms with Crippen molar-refractivity contribution in [3.05, 3.63) is 69.4 Å². The molecule has 1 heterocycles. The Hall–Kier alpha value is -1.70.